The lowest BCUT2D eigenvalue weighted by molar-refractivity contribution is -0.121. The molecule has 0 heterocycles. The maximum Gasteiger partial charge on any atom is 0.220 e. The number of nitrogens with one attached hydrogen (secondary N) is 1. The van der Waals surface area contributed by atoms with Crippen molar-refractivity contribution in [2.45, 2.75) is 31.1 Å². The fourth-order valence-electron chi connectivity index (χ4n) is 1.49. The minimum absolute atomic E-state index is 0.160. The maximum absolute atomic E-state index is 11.5. The molecule has 0 aromatic heterocycles. The van der Waals surface area contributed by atoms with E-state index in [4.69, 9.17) is 0 Å². The van der Waals surface area contributed by atoms with Crippen molar-refractivity contribution >= 4 is 17.7 Å². The smallest absolute Gasteiger partial charge is 0.220 e. The third-order valence-corrected chi connectivity index (χ3v) is 3.53. The monoisotopic (exact) mass is 263 g/mol. The Bertz CT molecular complexity index is 362. The number of carbonyl (C=O) groups is 1. The molecule has 0 radical (unpaired) electrons. The Hall–Kier alpha value is -1.22. The zero-order valence-electron chi connectivity index (χ0n) is 10.9. The summed E-state index contributed by atoms with van der Waals surface area (Å²) in [6, 6.07) is 10.3. The van der Waals surface area contributed by atoms with E-state index in [0.29, 0.717) is 6.42 Å². The average Bonchev–Trinajstić information content (AvgIpc) is 2.41. The summed E-state index contributed by atoms with van der Waals surface area (Å²) >= 11 is 1.80. The molecule has 1 rings (SSSR count). The summed E-state index contributed by atoms with van der Waals surface area (Å²) in [7, 11) is 0. The topological polar surface area (TPSA) is 29.1 Å². The van der Waals surface area contributed by atoms with E-state index in [2.05, 4.69) is 23.5 Å². The third-order valence-electron chi connectivity index (χ3n) is 2.43. The van der Waals surface area contributed by atoms with Crippen molar-refractivity contribution in [3.8, 4) is 0 Å². The molecule has 18 heavy (non-hydrogen) atoms. The molecule has 0 atom stereocenters. The first kappa shape index (κ1) is 14.8. The second-order valence-corrected chi connectivity index (χ2v) is 5.14. The second-order valence-electron chi connectivity index (χ2n) is 3.97. The number of allylic oxidation sites excluding steroid dienone is 1. The van der Waals surface area contributed by atoms with Gasteiger partial charge >= 0.3 is 0 Å². The Labute approximate surface area is 114 Å². The fourth-order valence-corrected chi connectivity index (χ4v) is 2.36. The van der Waals surface area contributed by atoms with Gasteiger partial charge in [-0.3, -0.25) is 4.79 Å². The van der Waals surface area contributed by atoms with Crippen LogP contribution in [0.3, 0.4) is 0 Å². The molecule has 0 aliphatic carbocycles. The number of benzene rings is 1. The zero-order chi connectivity index (χ0) is 13.1. The van der Waals surface area contributed by atoms with Crippen LogP contribution in [-0.2, 0) is 4.79 Å². The van der Waals surface area contributed by atoms with Gasteiger partial charge in [-0.2, -0.15) is 0 Å². The average molecular weight is 263 g/mol. The van der Waals surface area contributed by atoms with E-state index in [1.54, 1.807) is 11.8 Å². The summed E-state index contributed by atoms with van der Waals surface area (Å²) in [5, 5.41) is 2.92. The first-order valence-corrected chi connectivity index (χ1v) is 7.37. The molecule has 1 aromatic rings. The van der Waals surface area contributed by atoms with Crippen molar-refractivity contribution in [2.24, 2.45) is 0 Å². The first-order valence-electron chi connectivity index (χ1n) is 6.38. The van der Waals surface area contributed by atoms with E-state index in [9.17, 15) is 4.79 Å². The Morgan fingerprint density at radius 2 is 2.11 bits per heavy atom. The molecule has 98 valence electrons. The van der Waals surface area contributed by atoms with Crippen LogP contribution >= 0.6 is 11.8 Å². The highest BCUT2D eigenvalue weighted by Gasteiger charge is 2.00. The lowest BCUT2D eigenvalue weighted by atomic mass is 10.3. The van der Waals surface area contributed by atoms with E-state index >= 15 is 0 Å². The van der Waals surface area contributed by atoms with Crippen molar-refractivity contribution in [2.75, 3.05) is 12.3 Å². The van der Waals surface area contributed by atoms with Crippen molar-refractivity contribution in [1.29, 1.82) is 0 Å². The number of hydrogen-bond acceptors (Lipinski definition) is 2. The van der Waals surface area contributed by atoms with Gasteiger partial charge < -0.3 is 5.32 Å². The maximum atomic E-state index is 11.5. The third kappa shape index (κ3) is 7.17. The van der Waals surface area contributed by atoms with Gasteiger partial charge in [-0.1, -0.05) is 30.4 Å². The molecule has 0 fully saturated rings. The highest BCUT2D eigenvalue weighted by Crippen LogP contribution is 2.18. The minimum atomic E-state index is 0.160. The van der Waals surface area contributed by atoms with Crippen molar-refractivity contribution in [3.63, 3.8) is 0 Å². The van der Waals surface area contributed by atoms with Crippen LogP contribution in [0.25, 0.3) is 0 Å². The summed E-state index contributed by atoms with van der Waals surface area (Å²) in [6.45, 7) is 2.73. The Kier molecular flexibility index (Phi) is 8.06. The minimum Gasteiger partial charge on any atom is -0.356 e. The molecule has 0 aliphatic heterocycles. The van der Waals surface area contributed by atoms with Crippen LogP contribution < -0.4 is 5.32 Å². The van der Waals surface area contributed by atoms with Gasteiger partial charge in [0.1, 0.15) is 0 Å². The molecule has 1 N–H and O–H groups in total. The lowest BCUT2D eigenvalue weighted by Crippen LogP contribution is -2.23. The van der Waals surface area contributed by atoms with Crippen LogP contribution in [0.15, 0.2) is 47.4 Å². The number of rotatable bonds is 8. The molecule has 0 saturated carbocycles. The first-order chi connectivity index (χ1) is 8.83. The molecule has 0 aliphatic rings. The Morgan fingerprint density at radius 3 is 2.83 bits per heavy atom. The van der Waals surface area contributed by atoms with Gasteiger partial charge in [0.15, 0.2) is 0 Å². The molecule has 0 saturated heterocycles. The molecule has 0 spiro atoms. The van der Waals surface area contributed by atoms with E-state index in [1.165, 1.54) is 4.90 Å². The summed E-state index contributed by atoms with van der Waals surface area (Å²) in [6.07, 6.45) is 6.53. The molecular weight excluding hydrogens is 242 g/mol. The quantitative estimate of drug-likeness (QED) is 0.441. The fraction of sp³-hybridized carbons (Fsp3) is 0.400. The molecular formula is C15H21NOS. The van der Waals surface area contributed by atoms with Gasteiger partial charge in [-0.15, -0.1) is 11.8 Å². The summed E-state index contributed by atoms with van der Waals surface area (Å²) in [5.41, 5.74) is 0. The molecule has 1 aromatic carbocycles. The van der Waals surface area contributed by atoms with E-state index in [-0.39, 0.29) is 5.91 Å². The zero-order valence-corrected chi connectivity index (χ0v) is 11.7. The Balaban J connectivity index is 2.02. The lowest BCUT2D eigenvalue weighted by Gasteiger charge is -2.03. The molecule has 0 unspecified atom stereocenters. The largest absolute Gasteiger partial charge is 0.356 e. The summed E-state index contributed by atoms with van der Waals surface area (Å²) in [4.78, 5) is 12.7. The molecule has 1 amide bonds. The summed E-state index contributed by atoms with van der Waals surface area (Å²) in [5.74, 6) is 1.15. The van der Waals surface area contributed by atoms with Crippen LogP contribution in [-0.4, -0.2) is 18.2 Å². The predicted octanol–water partition coefficient (Wildman–Crippen LogP) is 3.64. The summed E-state index contributed by atoms with van der Waals surface area (Å²) < 4.78 is 0. The standard InChI is InChI=1S/C15H21NOS/c1-2-3-7-12-16-15(17)11-8-13-18-14-9-5-4-6-10-14/h2-6,9-10H,7-8,11-13H2,1H3,(H,16,17)/b3-2+. The number of carbonyl (C=O) groups excluding carboxylic acids is 1. The van der Waals surface area contributed by atoms with Crippen LogP contribution in [0.1, 0.15) is 26.2 Å². The van der Waals surface area contributed by atoms with Crippen LogP contribution in [0.5, 0.6) is 0 Å². The highest BCUT2D eigenvalue weighted by atomic mass is 32.2. The molecule has 0 bridgehead atoms. The normalized spacial score (nSPS) is 10.7. The van der Waals surface area contributed by atoms with E-state index < -0.39 is 0 Å². The Morgan fingerprint density at radius 1 is 1.33 bits per heavy atom. The van der Waals surface area contributed by atoms with Gasteiger partial charge in [-0.05, 0) is 37.7 Å². The molecule has 2 nitrogen and oxygen atoms in total. The predicted molar refractivity (Wildman–Crippen MR) is 78.8 cm³/mol. The van der Waals surface area contributed by atoms with E-state index in [1.807, 2.05) is 31.2 Å². The van der Waals surface area contributed by atoms with Crippen molar-refractivity contribution in [3.05, 3.63) is 42.5 Å². The van der Waals surface area contributed by atoms with Gasteiger partial charge in [0.05, 0.1) is 0 Å². The van der Waals surface area contributed by atoms with Gasteiger partial charge in [-0.25, -0.2) is 0 Å². The van der Waals surface area contributed by atoms with Crippen LogP contribution in [0.2, 0.25) is 0 Å². The van der Waals surface area contributed by atoms with Gasteiger partial charge in [0.2, 0.25) is 5.91 Å². The SMILES string of the molecule is C/C=C/CCNC(=O)CCCSc1ccccc1. The number of thioether (sulfide) groups is 1. The van der Waals surface area contributed by atoms with E-state index in [0.717, 1.165) is 25.1 Å². The number of hydrogen-bond donors (Lipinski definition) is 1. The van der Waals surface area contributed by atoms with Crippen molar-refractivity contribution < 1.29 is 4.79 Å². The second kappa shape index (κ2) is 9.77. The number of amides is 1. The van der Waals surface area contributed by atoms with Crippen molar-refractivity contribution in [1.82, 2.24) is 5.32 Å². The van der Waals surface area contributed by atoms with Crippen LogP contribution in [0, 0.1) is 0 Å². The van der Waals surface area contributed by atoms with Crippen LogP contribution in [0.4, 0.5) is 0 Å². The van der Waals surface area contributed by atoms with Gasteiger partial charge in [0.25, 0.3) is 0 Å². The van der Waals surface area contributed by atoms with Gasteiger partial charge in [0, 0.05) is 17.9 Å². The molecule has 3 heteroatoms. The highest BCUT2D eigenvalue weighted by molar-refractivity contribution is 7.99.